The molecule has 0 spiro atoms. The van der Waals surface area contributed by atoms with Crippen LogP contribution in [0.2, 0.25) is 5.02 Å². The topological polar surface area (TPSA) is 68.0 Å². The van der Waals surface area contributed by atoms with E-state index in [9.17, 15) is 9.90 Å². The fourth-order valence-corrected chi connectivity index (χ4v) is 2.07. The van der Waals surface area contributed by atoms with Crippen molar-refractivity contribution in [2.75, 3.05) is 0 Å². The van der Waals surface area contributed by atoms with Crippen molar-refractivity contribution in [1.29, 1.82) is 0 Å². The molecule has 100 valence electrons. The Morgan fingerprint density at radius 1 is 1.37 bits per heavy atom. The molecule has 2 aromatic rings. The van der Waals surface area contributed by atoms with Gasteiger partial charge in [0, 0.05) is 10.4 Å². The first-order chi connectivity index (χ1) is 8.80. The highest BCUT2D eigenvalue weighted by molar-refractivity contribution is 6.30. The highest BCUT2D eigenvalue weighted by Crippen LogP contribution is 2.27. The van der Waals surface area contributed by atoms with E-state index in [0.29, 0.717) is 16.4 Å². The van der Waals surface area contributed by atoms with Crippen LogP contribution in [0.4, 0.5) is 0 Å². The molecule has 0 atom stereocenters. The molecular weight excluding hydrogens is 266 g/mol. The molecule has 0 aliphatic rings. The van der Waals surface area contributed by atoms with Gasteiger partial charge in [-0.25, -0.2) is 9.48 Å². The van der Waals surface area contributed by atoms with Crippen molar-refractivity contribution >= 4 is 17.6 Å². The number of rotatable bonds is 2. The Bertz CT molecular complexity index is 629. The zero-order chi connectivity index (χ0) is 14.2. The number of carbonyl (C=O) groups is 1. The number of aromatic nitrogens is 3. The van der Waals surface area contributed by atoms with Gasteiger partial charge in [0.15, 0.2) is 5.69 Å². The number of aromatic carboxylic acids is 1. The van der Waals surface area contributed by atoms with Crippen LogP contribution in [0.3, 0.4) is 0 Å². The van der Waals surface area contributed by atoms with Crippen LogP contribution in [0, 0.1) is 0 Å². The first kappa shape index (κ1) is 13.5. The van der Waals surface area contributed by atoms with Crippen LogP contribution in [0.5, 0.6) is 0 Å². The van der Waals surface area contributed by atoms with Crippen LogP contribution >= 0.6 is 11.6 Å². The maximum absolute atomic E-state index is 11.2. The molecular formula is C13H14ClN3O2. The maximum atomic E-state index is 11.2. The summed E-state index contributed by atoms with van der Waals surface area (Å²) in [5.41, 5.74) is 0.798. The number of hydrogen-bond donors (Lipinski definition) is 1. The number of carboxylic acids is 1. The number of halogens is 1. The molecule has 1 aromatic carbocycles. The highest BCUT2D eigenvalue weighted by atomic mass is 35.5. The average molecular weight is 280 g/mol. The minimum absolute atomic E-state index is 0.0347. The van der Waals surface area contributed by atoms with Crippen molar-refractivity contribution < 1.29 is 9.90 Å². The van der Waals surface area contributed by atoms with E-state index in [1.54, 1.807) is 24.3 Å². The minimum Gasteiger partial charge on any atom is -0.476 e. The first-order valence-electron chi connectivity index (χ1n) is 5.76. The molecule has 0 radical (unpaired) electrons. The standard InChI is InChI=1S/C13H14ClN3O2/c1-13(2,3)11-10(12(18)19)15-16-17(11)9-6-4-5-8(14)7-9/h4-7H,1-3H3,(H,18,19). The summed E-state index contributed by atoms with van der Waals surface area (Å²) in [5.74, 6) is -1.08. The monoisotopic (exact) mass is 279 g/mol. The summed E-state index contributed by atoms with van der Waals surface area (Å²) in [6, 6.07) is 7.06. The van der Waals surface area contributed by atoms with Gasteiger partial charge in [-0.15, -0.1) is 5.10 Å². The summed E-state index contributed by atoms with van der Waals surface area (Å²) >= 11 is 5.95. The molecule has 0 unspecified atom stereocenters. The lowest BCUT2D eigenvalue weighted by Crippen LogP contribution is -2.21. The number of carboxylic acid groups (broad SMARTS) is 1. The van der Waals surface area contributed by atoms with Gasteiger partial charge in [-0.05, 0) is 18.2 Å². The van der Waals surface area contributed by atoms with Gasteiger partial charge >= 0.3 is 5.97 Å². The van der Waals surface area contributed by atoms with Crippen molar-refractivity contribution in [2.45, 2.75) is 26.2 Å². The van der Waals surface area contributed by atoms with Crippen LogP contribution in [0.25, 0.3) is 5.69 Å². The van der Waals surface area contributed by atoms with Gasteiger partial charge in [-0.3, -0.25) is 0 Å². The molecule has 1 N–H and O–H groups in total. The largest absolute Gasteiger partial charge is 0.476 e. The van der Waals surface area contributed by atoms with E-state index in [1.165, 1.54) is 4.68 Å². The van der Waals surface area contributed by atoms with Crippen molar-refractivity contribution in [3.63, 3.8) is 0 Å². The molecule has 0 bridgehead atoms. The fourth-order valence-electron chi connectivity index (χ4n) is 1.89. The summed E-state index contributed by atoms with van der Waals surface area (Å²) < 4.78 is 1.52. The molecule has 6 heteroatoms. The second-order valence-corrected chi connectivity index (χ2v) is 5.67. The lowest BCUT2D eigenvalue weighted by atomic mass is 9.90. The number of benzene rings is 1. The molecule has 0 aliphatic carbocycles. The Hall–Kier alpha value is -1.88. The predicted molar refractivity (Wildman–Crippen MR) is 72.0 cm³/mol. The third kappa shape index (κ3) is 2.61. The Kier molecular flexibility index (Phi) is 3.32. The Labute approximate surface area is 115 Å². The molecule has 0 saturated heterocycles. The maximum Gasteiger partial charge on any atom is 0.358 e. The molecule has 1 heterocycles. The minimum atomic E-state index is -1.08. The summed E-state index contributed by atoms with van der Waals surface area (Å²) in [6.07, 6.45) is 0. The quantitative estimate of drug-likeness (QED) is 0.918. The van der Waals surface area contributed by atoms with E-state index in [2.05, 4.69) is 10.3 Å². The Balaban J connectivity index is 2.68. The fraction of sp³-hybridized carbons (Fsp3) is 0.308. The lowest BCUT2D eigenvalue weighted by molar-refractivity contribution is 0.0687. The summed E-state index contributed by atoms with van der Waals surface area (Å²) in [4.78, 5) is 11.2. The van der Waals surface area contributed by atoms with E-state index in [1.807, 2.05) is 20.8 Å². The third-order valence-corrected chi connectivity index (χ3v) is 2.87. The normalized spacial score (nSPS) is 11.6. The van der Waals surface area contributed by atoms with Crippen LogP contribution in [-0.2, 0) is 5.41 Å². The molecule has 0 fully saturated rings. The van der Waals surface area contributed by atoms with Crippen molar-refractivity contribution in [2.24, 2.45) is 0 Å². The van der Waals surface area contributed by atoms with Crippen LogP contribution in [-0.4, -0.2) is 26.1 Å². The Morgan fingerprint density at radius 3 is 2.58 bits per heavy atom. The zero-order valence-electron chi connectivity index (χ0n) is 10.9. The van der Waals surface area contributed by atoms with E-state index in [4.69, 9.17) is 11.6 Å². The van der Waals surface area contributed by atoms with Gasteiger partial charge in [0.2, 0.25) is 0 Å². The molecule has 0 aliphatic heterocycles. The zero-order valence-corrected chi connectivity index (χ0v) is 11.6. The number of hydrogen-bond acceptors (Lipinski definition) is 3. The summed E-state index contributed by atoms with van der Waals surface area (Å²) in [6.45, 7) is 5.75. The highest BCUT2D eigenvalue weighted by Gasteiger charge is 2.29. The van der Waals surface area contributed by atoms with Crippen LogP contribution in [0.1, 0.15) is 37.0 Å². The molecule has 0 amide bonds. The molecule has 1 aromatic heterocycles. The average Bonchev–Trinajstić information content (AvgIpc) is 2.73. The second kappa shape index (κ2) is 4.66. The van der Waals surface area contributed by atoms with Gasteiger partial charge in [-0.2, -0.15) is 0 Å². The smallest absolute Gasteiger partial charge is 0.358 e. The summed E-state index contributed by atoms with van der Waals surface area (Å²) in [7, 11) is 0. The van der Waals surface area contributed by atoms with E-state index in [-0.39, 0.29) is 5.69 Å². The van der Waals surface area contributed by atoms with E-state index in [0.717, 1.165) is 0 Å². The second-order valence-electron chi connectivity index (χ2n) is 5.23. The molecule has 19 heavy (non-hydrogen) atoms. The molecule has 5 nitrogen and oxygen atoms in total. The third-order valence-electron chi connectivity index (χ3n) is 2.64. The Morgan fingerprint density at radius 2 is 2.05 bits per heavy atom. The van der Waals surface area contributed by atoms with Crippen molar-refractivity contribution in [1.82, 2.24) is 15.0 Å². The summed E-state index contributed by atoms with van der Waals surface area (Å²) in [5, 5.41) is 17.5. The van der Waals surface area contributed by atoms with Crippen molar-refractivity contribution in [3.05, 3.63) is 40.7 Å². The lowest BCUT2D eigenvalue weighted by Gasteiger charge is -2.20. The molecule has 0 saturated carbocycles. The van der Waals surface area contributed by atoms with Crippen molar-refractivity contribution in [3.8, 4) is 5.69 Å². The first-order valence-corrected chi connectivity index (χ1v) is 6.14. The molecule has 2 rings (SSSR count). The number of nitrogens with zero attached hydrogens (tertiary/aromatic N) is 3. The van der Waals surface area contributed by atoms with Gasteiger partial charge in [-0.1, -0.05) is 43.7 Å². The van der Waals surface area contributed by atoms with E-state index < -0.39 is 11.4 Å². The van der Waals surface area contributed by atoms with Gasteiger partial charge in [0.1, 0.15) is 0 Å². The van der Waals surface area contributed by atoms with Gasteiger partial charge in [0.25, 0.3) is 0 Å². The van der Waals surface area contributed by atoms with Crippen LogP contribution in [0.15, 0.2) is 24.3 Å². The SMILES string of the molecule is CC(C)(C)c1c(C(=O)O)nnn1-c1cccc(Cl)c1. The van der Waals surface area contributed by atoms with Gasteiger partial charge < -0.3 is 5.11 Å². The predicted octanol–water partition coefficient (Wildman–Crippen LogP) is 2.92. The van der Waals surface area contributed by atoms with Gasteiger partial charge in [0.05, 0.1) is 11.4 Å². The van der Waals surface area contributed by atoms with Crippen LogP contribution < -0.4 is 0 Å². The van der Waals surface area contributed by atoms with E-state index >= 15 is 0 Å².